The van der Waals surface area contributed by atoms with Crippen LogP contribution < -0.4 is 5.32 Å². The normalized spacial score (nSPS) is 17.8. The number of aliphatic hydroxyl groups excluding tert-OH is 1. The van der Waals surface area contributed by atoms with E-state index in [1.54, 1.807) is 6.20 Å². The molecule has 3 aromatic carbocycles. The van der Waals surface area contributed by atoms with Gasteiger partial charge in [0.25, 0.3) is 0 Å². The molecule has 8 rings (SSSR count). The van der Waals surface area contributed by atoms with E-state index >= 15 is 0 Å². The van der Waals surface area contributed by atoms with Crippen LogP contribution in [0.25, 0.3) is 44.6 Å². The molecule has 11 nitrogen and oxygen atoms in total. The first-order valence-corrected chi connectivity index (χ1v) is 18.1. The zero-order chi connectivity index (χ0) is 36.6. The van der Waals surface area contributed by atoms with Crippen LogP contribution in [0.5, 0.6) is 0 Å². The molecule has 2 atom stereocenters. The molecular formula is C42H41N7O4. The zero-order valence-corrected chi connectivity index (χ0v) is 29.8. The Hall–Kier alpha value is -5.67. The fourth-order valence-corrected chi connectivity index (χ4v) is 7.96. The molecule has 268 valence electrons. The maximum Gasteiger partial charge on any atom is 0.303 e. The molecule has 0 unspecified atom stereocenters. The predicted molar refractivity (Wildman–Crippen MR) is 203 cm³/mol. The third-order valence-electron chi connectivity index (χ3n) is 10.7. The van der Waals surface area contributed by atoms with E-state index < -0.39 is 5.97 Å². The first kappa shape index (κ1) is 34.4. The summed E-state index contributed by atoms with van der Waals surface area (Å²) >= 11 is 0. The largest absolute Gasteiger partial charge is 0.481 e. The van der Waals surface area contributed by atoms with Crippen molar-refractivity contribution in [2.45, 2.75) is 52.3 Å². The van der Waals surface area contributed by atoms with Gasteiger partial charge in [-0.2, -0.15) is 5.26 Å². The standard InChI is InChI=1S/C42H41N7O4/c1-25-33(5-3-7-35(25)42-47-37-17-28(15-31(19-43)40(37)53-42)22-48-13-10-27(21-48)18-38(51)52)34-6-4-8-36(26(34)2)46-41-39-30(9-12-44-41)16-29(20-45-39)23-49-14-11-32(50)24-49/h3-9,12,15-17,20,27,32,50H,10-11,13-14,18,21-24H2,1-2H3,(H,44,46)(H,51,52)/t27-,32+/m0/s1. The number of carboxylic acid groups (broad SMARTS) is 1. The number of aromatic nitrogens is 3. The van der Waals surface area contributed by atoms with Crippen LogP contribution >= 0.6 is 0 Å². The molecule has 2 saturated heterocycles. The topological polar surface area (TPSA) is 152 Å². The van der Waals surface area contributed by atoms with Crippen LogP contribution in [0.3, 0.4) is 0 Å². The number of benzene rings is 3. The van der Waals surface area contributed by atoms with Gasteiger partial charge in [-0.05, 0) is 109 Å². The Morgan fingerprint density at radius 3 is 2.49 bits per heavy atom. The van der Waals surface area contributed by atoms with Gasteiger partial charge in [0.1, 0.15) is 17.1 Å². The molecule has 5 heterocycles. The molecule has 3 N–H and O–H groups in total. The highest BCUT2D eigenvalue weighted by Gasteiger charge is 2.26. The molecular weight excluding hydrogens is 667 g/mol. The Bertz CT molecular complexity index is 2400. The molecule has 2 fully saturated rings. The average Bonchev–Trinajstić information content (AvgIpc) is 3.88. The smallest absolute Gasteiger partial charge is 0.303 e. The van der Waals surface area contributed by atoms with Gasteiger partial charge in [0, 0.05) is 68.2 Å². The Morgan fingerprint density at radius 2 is 1.70 bits per heavy atom. The van der Waals surface area contributed by atoms with E-state index in [4.69, 9.17) is 14.4 Å². The number of aliphatic carboxylic acids is 1. The third kappa shape index (κ3) is 7.09. The number of β-amino-alcohol motifs (C(OH)–C–C–N with tert-alkyl or cyclic N) is 1. The van der Waals surface area contributed by atoms with Gasteiger partial charge in [0.2, 0.25) is 5.89 Å². The molecule has 3 aromatic heterocycles. The number of hydrogen-bond acceptors (Lipinski definition) is 10. The first-order chi connectivity index (χ1) is 25.7. The molecule has 0 radical (unpaired) electrons. The summed E-state index contributed by atoms with van der Waals surface area (Å²) in [7, 11) is 0. The molecule has 0 amide bonds. The zero-order valence-electron chi connectivity index (χ0n) is 29.8. The number of anilines is 2. The van der Waals surface area contributed by atoms with Crippen molar-refractivity contribution in [3.63, 3.8) is 0 Å². The number of oxazole rings is 1. The summed E-state index contributed by atoms with van der Waals surface area (Å²) in [5, 5.41) is 33.7. The number of likely N-dealkylation sites (tertiary alicyclic amines) is 2. The van der Waals surface area contributed by atoms with E-state index in [9.17, 15) is 20.3 Å². The van der Waals surface area contributed by atoms with Crippen LogP contribution in [0.4, 0.5) is 11.5 Å². The first-order valence-electron chi connectivity index (χ1n) is 18.1. The van der Waals surface area contributed by atoms with Gasteiger partial charge in [-0.25, -0.2) is 9.97 Å². The Balaban J connectivity index is 1.05. The lowest BCUT2D eigenvalue weighted by Gasteiger charge is -2.17. The summed E-state index contributed by atoms with van der Waals surface area (Å²) in [6, 6.07) is 22.5. The van der Waals surface area contributed by atoms with E-state index in [1.807, 2.05) is 48.7 Å². The van der Waals surface area contributed by atoms with Gasteiger partial charge in [0.15, 0.2) is 11.4 Å². The quantitative estimate of drug-likeness (QED) is 0.133. The van der Waals surface area contributed by atoms with Gasteiger partial charge in [-0.1, -0.05) is 24.3 Å². The number of nitrogens with one attached hydrogen (secondary N) is 1. The van der Waals surface area contributed by atoms with Crippen LogP contribution in [0, 0.1) is 31.1 Å². The summed E-state index contributed by atoms with van der Waals surface area (Å²) in [5.41, 5.74) is 10.3. The van der Waals surface area contributed by atoms with Crippen molar-refractivity contribution in [3.8, 4) is 28.7 Å². The van der Waals surface area contributed by atoms with Crippen molar-refractivity contribution in [2.24, 2.45) is 5.92 Å². The number of nitrogens with zero attached hydrogens (tertiary/aromatic N) is 6. The molecule has 0 bridgehead atoms. The number of fused-ring (bicyclic) bond motifs is 2. The summed E-state index contributed by atoms with van der Waals surface area (Å²) in [6.07, 6.45) is 5.29. The molecule has 53 heavy (non-hydrogen) atoms. The van der Waals surface area contributed by atoms with Gasteiger partial charge in [-0.15, -0.1) is 0 Å². The van der Waals surface area contributed by atoms with Crippen molar-refractivity contribution in [2.75, 3.05) is 31.5 Å². The fourth-order valence-electron chi connectivity index (χ4n) is 7.96. The maximum absolute atomic E-state index is 11.2. The monoisotopic (exact) mass is 707 g/mol. The lowest BCUT2D eigenvalue weighted by atomic mass is 9.93. The van der Waals surface area contributed by atoms with Crippen molar-refractivity contribution in [1.82, 2.24) is 24.8 Å². The number of aliphatic hydroxyl groups is 1. The van der Waals surface area contributed by atoms with Crippen LogP contribution in [-0.4, -0.2) is 73.2 Å². The van der Waals surface area contributed by atoms with Crippen molar-refractivity contribution in [1.29, 1.82) is 5.26 Å². The number of pyridine rings is 2. The van der Waals surface area contributed by atoms with Crippen LogP contribution in [0.1, 0.15) is 47.1 Å². The lowest BCUT2D eigenvalue weighted by molar-refractivity contribution is -0.138. The van der Waals surface area contributed by atoms with Crippen LogP contribution in [0.15, 0.2) is 77.5 Å². The van der Waals surface area contributed by atoms with Crippen molar-refractivity contribution < 1.29 is 19.4 Å². The second kappa shape index (κ2) is 14.4. The van der Waals surface area contributed by atoms with Gasteiger partial charge in [-0.3, -0.25) is 19.6 Å². The van der Waals surface area contributed by atoms with E-state index in [0.717, 1.165) is 94.6 Å². The minimum atomic E-state index is -0.763. The molecule has 0 spiro atoms. The van der Waals surface area contributed by atoms with E-state index in [0.29, 0.717) is 41.5 Å². The predicted octanol–water partition coefficient (Wildman–Crippen LogP) is 7.20. The number of carbonyl (C=O) groups is 1. The molecule has 0 aliphatic carbocycles. The minimum Gasteiger partial charge on any atom is -0.481 e. The molecule has 2 aliphatic rings. The Labute approximate surface area is 307 Å². The van der Waals surface area contributed by atoms with E-state index in [2.05, 4.69) is 58.2 Å². The summed E-state index contributed by atoms with van der Waals surface area (Å²) in [6.45, 7) is 8.66. The van der Waals surface area contributed by atoms with Gasteiger partial charge >= 0.3 is 5.97 Å². The maximum atomic E-state index is 11.2. The summed E-state index contributed by atoms with van der Waals surface area (Å²) in [4.78, 5) is 30.0. The number of rotatable bonds is 10. The third-order valence-corrected chi connectivity index (χ3v) is 10.7. The van der Waals surface area contributed by atoms with Crippen LogP contribution in [0.2, 0.25) is 0 Å². The van der Waals surface area contributed by atoms with Crippen molar-refractivity contribution >= 4 is 39.5 Å². The fraction of sp³-hybridized carbons (Fsp3) is 0.310. The molecule has 2 aliphatic heterocycles. The Kier molecular flexibility index (Phi) is 9.35. The lowest BCUT2D eigenvalue weighted by Crippen LogP contribution is -2.21. The number of nitriles is 1. The molecule has 0 saturated carbocycles. The Morgan fingerprint density at radius 1 is 0.943 bits per heavy atom. The van der Waals surface area contributed by atoms with Crippen molar-refractivity contribution in [3.05, 3.63) is 101 Å². The van der Waals surface area contributed by atoms with Crippen LogP contribution in [-0.2, 0) is 17.9 Å². The summed E-state index contributed by atoms with van der Waals surface area (Å²) in [5.74, 6) is 0.512. The number of hydrogen-bond donors (Lipinski definition) is 3. The number of carboxylic acids is 1. The second-order valence-corrected chi connectivity index (χ2v) is 14.4. The van der Waals surface area contributed by atoms with E-state index in [-0.39, 0.29) is 18.4 Å². The van der Waals surface area contributed by atoms with E-state index in [1.165, 1.54) is 0 Å². The van der Waals surface area contributed by atoms with Gasteiger partial charge in [0.05, 0.1) is 11.7 Å². The summed E-state index contributed by atoms with van der Waals surface area (Å²) < 4.78 is 6.30. The SMILES string of the molecule is Cc1c(Nc2nccc3cc(CN4CC[C@@H](O)C4)cnc23)cccc1-c1cccc(-c2nc3cc(CN4CC[C@@H](CC(=O)O)C4)cc(C#N)c3o2)c1C. The molecule has 11 heteroatoms. The van der Waals surface area contributed by atoms with Gasteiger partial charge < -0.3 is 19.9 Å². The highest BCUT2D eigenvalue weighted by molar-refractivity contribution is 5.91. The average molecular weight is 708 g/mol. The highest BCUT2D eigenvalue weighted by atomic mass is 16.4. The second-order valence-electron chi connectivity index (χ2n) is 14.4. The highest BCUT2D eigenvalue weighted by Crippen LogP contribution is 2.38. The minimum absolute atomic E-state index is 0.142. The molecule has 6 aromatic rings.